The van der Waals surface area contributed by atoms with Crippen molar-refractivity contribution in [2.45, 2.75) is 20.3 Å². The summed E-state index contributed by atoms with van der Waals surface area (Å²) in [4.78, 5) is 22.7. The number of nitrogens with two attached hydrogens (primary N) is 1. The van der Waals surface area contributed by atoms with Crippen molar-refractivity contribution in [3.63, 3.8) is 0 Å². The van der Waals surface area contributed by atoms with Gasteiger partial charge in [0.2, 0.25) is 17.8 Å². The summed E-state index contributed by atoms with van der Waals surface area (Å²) in [5.74, 6) is 5.72. The second kappa shape index (κ2) is 8.03. The maximum Gasteiger partial charge on any atom is 0.323 e. The van der Waals surface area contributed by atoms with Crippen molar-refractivity contribution in [2.75, 3.05) is 30.4 Å². The summed E-state index contributed by atoms with van der Waals surface area (Å²) in [6, 6.07) is 0.201. The average molecular weight is 269 g/mol. The fourth-order valence-electron chi connectivity index (χ4n) is 1.17. The molecule has 1 aromatic rings. The molecule has 106 valence electrons. The van der Waals surface area contributed by atoms with Gasteiger partial charge in [0.1, 0.15) is 0 Å². The van der Waals surface area contributed by atoms with Crippen molar-refractivity contribution in [3.05, 3.63) is 0 Å². The number of carbonyl (C=O) groups is 1. The molecule has 1 rings (SSSR count). The van der Waals surface area contributed by atoms with Crippen LogP contribution in [0.5, 0.6) is 6.01 Å². The largest absolute Gasteiger partial charge is 0.463 e. The molecule has 0 aliphatic rings. The SMILES string of the molecule is CCCOc1nc(NN)nc(NCCNC(C)=O)n1. The molecule has 19 heavy (non-hydrogen) atoms. The molecule has 9 heteroatoms. The van der Waals surface area contributed by atoms with E-state index >= 15 is 0 Å². The van der Waals surface area contributed by atoms with E-state index in [9.17, 15) is 4.79 Å². The van der Waals surface area contributed by atoms with Crippen LogP contribution in [-0.2, 0) is 4.79 Å². The minimum atomic E-state index is -0.0891. The smallest absolute Gasteiger partial charge is 0.323 e. The van der Waals surface area contributed by atoms with Crippen LogP contribution in [0.2, 0.25) is 0 Å². The molecule has 0 atom stereocenters. The number of carbonyl (C=O) groups excluding carboxylic acids is 1. The van der Waals surface area contributed by atoms with Crippen LogP contribution in [0.1, 0.15) is 20.3 Å². The topological polar surface area (TPSA) is 127 Å². The van der Waals surface area contributed by atoms with Crippen molar-refractivity contribution < 1.29 is 9.53 Å². The first-order valence-electron chi connectivity index (χ1n) is 5.99. The monoisotopic (exact) mass is 269 g/mol. The molecule has 0 fully saturated rings. The summed E-state index contributed by atoms with van der Waals surface area (Å²) in [5, 5.41) is 5.59. The fourth-order valence-corrected chi connectivity index (χ4v) is 1.17. The van der Waals surface area contributed by atoms with Crippen LogP contribution >= 0.6 is 0 Å². The first-order valence-corrected chi connectivity index (χ1v) is 5.99. The highest BCUT2D eigenvalue weighted by molar-refractivity contribution is 5.72. The van der Waals surface area contributed by atoms with E-state index in [0.717, 1.165) is 6.42 Å². The van der Waals surface area contributed by atoms with E-state index in [0.29, 0.717) is 25.6 Å². The standard InChI is InChI=1S/C10H19N7O2/c1-3-6-19-10-15-8(14-9(16-10)17-11)13-5-4-12-7(2)18/h3-6,11H2,1-2H3,(H,12,18)(H2,13,14,15,16,17). The first kappa shape index (κ1) is 14.9. The molecule has 0 aromatic carbocycles. The van der Waals surface area contributed by atoms with Gasteiger partial charge < -0.3 is 15.4 Å². The molecule has 9 nitrogen and oxygen atoms in total. The van der Waals surface area contributed by atoms with Gasteiger partial charge in [-0.15, -0.1) is 0 Å². The molecule has 1 amide bonds. The van der Waals surface area contributed by atoms with Crippen LogP contribution in [0, 0.1) is 0 Å². The highest BCUT2D eigenvalue weighted by Gasteiger charge is 2.06. The zero-order valence-electron chi connectivity index (χ0n) is 11.1. The van der Waals surface area contributed by atoms with Gasteiger partial charge in [-0.2, -0.15) is 15.0 Å². The Balaban J connectivity index is 2.57. The summed E-state index contributed by atoms with van der Waals surface area (Å²) in [6.07, 6.45) is 0.850. The van der Waals surface area contributed by atoms with Gasteiger partial charge in [0.05, 0.1) is 6.61 Å². The molecule has 0 bridgehead atoms. The Morgan fingerprint density at radius 3 is 2.63 bits per heavy atom. The molecule has 1 heterocycles. The molecule has 0 aliphatic heterocycles. The highest BCUT2D eigenvalue weighted by atomic mass is 16.5. The quantitative estimate of drug-likeness (QED) is 0.282. The van der Waals surface area contributed by atoms with E-state index in [-0.39, 0.29) is 17.9 Å². The van der Waals surface area contributed by atoms with Gasteiger partial charge in [-0.05, 0) is 6.42 Å². The van der Waals surface area contributed by atoms with Crippen LogP contribution < -0.4 is 26.6 Å². The number of hydrogen-bond donors (Lipinski definition) is 4. The minimum Gasteiger partial charge on any atom is -0.463 e. The van der Waals surface area contributed by atoms with E-state index in [4.69, 9.17) is 10.6 Å². The number of nitrogens with one attached hydrogen (secondary N) is 3. The molecule has 0 saturated heterocycles. The summed E-state index contributed by atoms with van der Waals surface area (Å²) in [5.41, 5.74) is 2.34. The lowest BCUT2D eigenvalue weighted by Crippen LogP contribution is -2.27. The number of hydrazine groups is 1. The van der Waals surface area contributed by atoms with Gasteiger partial charge >= 0.3 is 6.01 Å². The third-order valence-electron chi connectivity index (χ3n) is 1.96. The Hall–Kier alpha value is -2.16. The van der Waals surface area contributed by atoms with Gasteiger partial charge in [0.25, 0.3) is 0 Å². The van der Waals surface area contributed by atoms with E-state index < -0.39 is 0 Å². The van der Waals surface area contributed by atoms with Crippen LogP contribution in [-0.4, -0.2) is 40.6 Å². The number of aromatic nitrogens is 3. The molecule has 0 aliphatic carbocycles. The van der Waals surface area contributed by atoms with Crippen molar-refractivity contribution in [3.8, 4) is 6.01 Å². The molecule has 5 N–H and O–H groups in total. The first-order chi connectivity index (χ1) is 9.15. The van der Waals surface area contributed by atoms with Gasteiger partial charge in [0.15, 0.2) is 0 Å². The summed E-state index contributed by atoms with van der Waals surface area (Å²) in [7, 11) is 0. The van der Waals surface area contributed by atoms with Crippen LogP contribution in [0.3, 0.4) is 0 Å². The predicted octanol–water partition coefficient (Wildman–Crippen LogP) is -0.506. The van der Waals surface area contributed by atoms with E-state index in [1.54, 1.807) is 0 Å². The molecule has 0 spiro atoms. The lowest BCUT2D eigenvalue weighted by Gasteiger charge is -2.09. The second-order valence-corrected chi connectivity index (χ2v) is 3.67. The van der Waals surface area contributed by atoms with Crippen LogP contribution in [0.4, 0.5) is 11.9 Å². The predicted molar refractivity (Wildman–Crippen MR) is 70.6 cm³/mol. The molecule has 0 unspecified atom stereocenters. The van der Waals surface area contributed by atoms with E-state index in [1.165, 1.54) is 6.92 Å². The van der Waals surface area contributed by atoms with Gasteiger partial charge in [-0.3, -0.25) is 10.2 Å². The van der Waals surface area contributed by atoms with Crippen molar-refractivity contribution in [1.29, 1.82) is 0 Å². The summed E-state index contributed by atoms with van der Waals surface area (Å²) in [6.45, 7) is 4.91. The van der Waals surface area contributed by atoms with Crippen molar-refractivity contribution >= 4 is 17.8 Å². The number of anilines is 2. The van der Waals surface area contributed by atoms with E-state index in [2.05, 4.69) is 31.0 Å². The second-order valence-electron chi connectivity index (χ2n) is 3.67. The number of rotatable bonds is 8. The lowest BCUT2D eigenvalue weighted by molar-refractivity contribution is -0.118. The number of amides is 1. The zero-order valence-corrected chi connectivity index (χ0v) is 11.1. The van der Waals surface area contributed by atoms with Crippen LogP contribution in [0.15, 0.2) is 0 Å². The fraction of sp³-hybridized carbons (Fsp3) is 0.600. The third kappa shape index (κ3) is 5.82. The van der Waals surface area contributed by atoms with Crippen molar-refractivity contribution in [1.82, 2.24) is 20.3 Å². The Kier molecular flexibility index (Phi) is 6.30. The van der Waals surface area contributed by atoms with E-state index in [1.807, 2.05) is 6.92 Å². The molecular weight excluding hydrogens is 250 g/mol. The lowest BCUT2D eigenvalue weighted by atomic mass is 10.5. The molecule has 1 aromatic heterocycles. The Morgan fingerprint density at radius 1 is 1.26 bits per heavy atom. The van der Waals surface area contributed by atoms with Gasteiger partial charge in [0, 0.05) is 20.0 Å². The minimum absolute atomic E-state index is 0.0891. The van der Waals surface area contributed by atoms with Crippen molar-refractivity contribution in [2.24, 2.45) is 5.84 Å². The molecule has 0 radical (unpaired) electrons. The maximum atomic E-state index is 10.7. The number of nitrogen functional groups attached to an aromatic ring is 1. The Labute approximate surface area is 111 Å². The average Bonchev–Trinajstić information content (AvgIpc) is 2.41. The zero-order chi connectivity index (χ0) is 14.1. The number of ether oxygens (including phenoxy) is 1. The summed E-state index contributed by atoms with van der Waals surface area (Å²) < 4.78 is 5.32. The summed E-state index contributed by atoms with van der Waals surface area (Å²) >= 11 is 0. The van der Waals surface area contributed by atoms with Gasteiger partial charge in [-0.25, -0.2) is 5.84 Å². The normalized spacial score (nSPS) is 9.84. The maximum absolute atomic E-state index is 10.7. The Bertz CT molecular complexity index is 413. The highest BCUT2D eigenvalue weighted by Crippen LogP contribution is 2.10. The third-order valence-corrected chi connectivity index (χ3v) is 1.96. The number of hydrogen-bond acceptors (Lipinski definition) is 8. The molecule has 0 saturated carbocycles. The number of nitrogens with zero attached hydrogens (tertiary/aromatic N) is 3. The Morgan fingerprint density at radius 2 is 2.00 bits per heavy atom. The van der Waals surface area contributed by atoms with Crippen LogP contribution in [0.25, 0.3) is 0 Å². The van der Waals surface area contributed by atoms with Gasteiger partial charge in [-0.1, -0.05) is 6.92 Å². The molecular formula is C10H19N7O2.